The van der Waals surface area contributed by atoms with Crippen LogP contribution in [0.25, 0.3) is 0 Å². The number of aliphatic hydroxyl groups is 1. The van der Waals surface area contributed by atoms with Crippen molar-refractivity contribution in [3.63, 3.8) is 0 Å². The summed E-state index contributed by atoms with van der Waals surface area (Å²) in [6.45, 7) is -0.0150. The molecule has 0 aliphatic carbocycles. The number of benzene rings is 1. The zero-order chi connectivity index (χ0) is 12.8. The lowest BCUT2D eigenvalue weighted by atomic mass is 10.1. The minimum atomic E-state index is -0.531. The van der Waals surface area contributed by atoms with Crippen LogP contribution in [0.4, 0.5) is 10.1 Å². The molecule has 0 spiro atoms. The highest BCUT2D eigenvalue weighted by atomic mass is 19.1. The van der Waals surface area contributed by atoms with E-state index in [2.05, 4.69) is 10.3 Å². The monoisotopic (exact) mass is 246 g/mol. The molecule has 0 aliphatic heterocycles. The SMILES string of the molecule is OCC(Cc1ccccc1)Nc1ccnc(F)c1. The van der Waals surface area contributed by atoms with Gasteiger partial charge in [0.1, 0.15) is 0 Å². The maximum atomic E-state index is 12.9. The molecule has 1 aromatic carbocycles. The van der Waals surface area contributed by atoms with Crippen molar-refractivity contribution in [2.75, 3.05) is 11.9 Å². The average Bonchev–Trinajstić information content (AvgIpc) is 2.39. The summed E-state index contributed by atoms with van der Waals surface area (Å²) < 4.78 is 12.9. The van der Waals surface area contributed by atoms with Gasteiger partial charge in [-0.2, -0.15) is 4.39 Å². The number of pyridine rings is 1. The molecule has 1 atom stereocenters. The van der Waals surface area contributed by atoms with Gasteiger partial charge >= 0.3 is 0 Å². The van der Waals surface area contributed by atoms with Gasteiger partial charge in [-0.05, 0) is 18.1 Å². The lowest BCUT2D eigenvalue weighted by Crippen LogP contribution is -2.26. The first-order valence-corrected chi connectivity index (χ1v) is 5.81. The minimum absolute atomic E-state index is 0.0150. The Morgan fingerprint density at radius 2 is 2.00 bits per heavy atom. The lowest BCUT2D eigenvalue weighted by molar-refractivity contribution is 0.273. The molecule has 2 aromatic rings. The Kier molecular flexibility index (Phi) is 4.25. The smallest absolute Gasteiger partial charge is 0.214 e. The third kappa shape index (κ3) is 3.53. The van der Waals surface area contributed by atoms with E-state index in [1.165, 1.54) is 12.3 Å². The molecule has 0 aliphatic rings. The van der Waals surface area contributed by atoms with Gasteiger partial charge in [0.05, 0.1) is 12.6 Å². The largest absolute Gasteiger partial charge is 0.394 e. The molecule has 0 bridgehead atoms. The molecule has 1 heterocycles. The first-order valence-electron chi connectivity index (χ1n) is 5.81. The Bertz CT molecular complexity index is 490. The average molecular weight is 246 g/mol. The van der Waals surface area contributed by atoms with Crippen LogP contribution in [0, 0.1) is 5.95 Å². The highest BCUT2D eigenvalue weighted by molar-refractivity contribution is 5.42. The van der Waals surface area contributed by atoms with E-state index in [-0.39, 0.29) is 12.6 Å². The number of halogens is 1. The Hall–Kier alpha value is -1.94. The fourth-order valence-electron chi connectivity index (χ4n) is 1.79. The fourth-order valence-corrected chi connectivity index (χ4v) is 1.79. The fraction of sp³-hybridized carbons (Fsp3) is 0.214. The zero-order valence-electron chi connectivity index (χ0n) is 9.88. The van der Waals surface area contributed by atoms with Crippen LogP contribution in [-0.2, 0) is 6.42 Å². The van der Waals surface area contributed by atoms with Gasteiger partial charge in [-0.3, -0.25) is 0 Å². The van der Waals surface area contributed by atoms with Crippen LogP contribution < -0.4 is 5.32 Å². The van der Waals surface area contributed by atoms with E-state index in [0.717, 1.165) is 5.56 Å². The van der Waals surface area contributed by atoms with Gasteiger partial charge in [-0.25, -0.2) is 4.98 Å². The lowest BCUT2D eigenvalue weighted by Gasteiger charge is -2.17. The highest BCUT2D eigenvalue weighted by Gasteiger charge is 2.08. The number of rotatable bonds is 5. The summed E-state index contributed by atoms with van der Waals surface area (Å²) in [4.78, 5) is 3.49. The number of aromatic nitrogens is 1. The minimum Gasteiger partial charge on any atom is -0.394 e. The van der Waals surface area contributed by atoms with Gasteiger partial charge in [0.2, 0.25) is 5.95 Å². The third-order valence-corrected chi connectivity index (χ3v) is 2.64. The predicted molar refractivity (Wildman–Crippen MR) is 68.8 cm³/mol. The molecule has 18 heavy (non-hydrogen) atoms. The number of aliphatic hydroxyl groups excluding tert-OH is 1. The second-order valence-electron chi connectivity index (χ2n) is 4.08. The van der Waals surface area contributed by atoms with Crippen LogP contribution in [0.1, 0.15) is 5.56 Å². The summed E-state index contributed by atoms with van der Waals surface area (Å²) in [6.07, 6.45) is 2.08. The molecule has 94 valence electrons. The van der Waals surface area contributed by atoms with Crippen LogP contribution in [0.3, 0.4) is 0 Å². The number of hydrogen-bond acceptors (Lipinski definition) is 3. The number of anilines is 1. The first-order chi connectivity index (χ1) is 8.78. The van der Waals surface area contributed by atoms with Gasteiger partial charge < -0.3 is 10.4 Å². The summed E-state index contributed by atoms with van der Waals surface area (Å²) in [5, 5.41) is 12.4. The van der Waals surface area contributed by atoms with Crippen molar-refractivity contribution < 1.29 is 9.50 Å². The van der Waals surface area contributed by atoms with Crippen LogP contribution in [-0.4, -0.2) is 22.7 Å². The van der Waals surface area contributed by atoms with Crippen molar-refractivity contribution >= 4 is 5.69 Å². The molecular formula is C14H15FN2O. The molecule has 0 radical (unpaired) electrons. The van der Waals surface area contributed by atoms with Crippen LogP contribution >= 0.6 is 0 Å². The summed E-state index contributed by atoms with van der Waals surface area (Å²) in [6, 6.07) is 12.7. The summed E-state index contributed by atoms with van der Waals surface area (Å²) in [5.74, 6) is -0.531. The quantitative estimate of drug-likeness (QED) is 0.795. The van der Waals surface area contributed by atoms with Gasteiger partial charge in [-0.1, -0.05) is 30.3 Å². The second kappa shape index (κ2) is 6.12. The van der Waals surface area contributed by atoms with Crippen molar-refractivity contribution in [1.29, 1.82) is 0 Å². The number of nitrogens with one attached hydrogen (secondary N) is 1. The molecular weight excluding hydrogens is 231 g/mol. The molecule has 2 rings (SSSR count). The molecule has 1 unspecified atom stereocenters. The molecule has 0 saturated heterocycles. The van der Waals surface area contributed by atoms with Crippen molar-refractivity contribution in [3.05, 3.63) is 60.2 Å². The maximum absolute atomic E-state index is 12.9. The molecule has 0 saturated carbocycles. The van der Waals surface area contributed by atoms with Crippen molar-refractivity contribution in [1.82, 2.24) is 4.98 Å². The third-order valence-electron chi connectivity index (χ3n) is 2.64. The van der Waals surface area contributed by atoms with Gasteiger partial charge in [0.15, 0.2) is 0 Å². The molecule has 0 amide bonds. The summed E-state index contributed by atoms with van der Waals surface area (Å²) >= 11 is 0. The summed E-state index contributed by atoms with van der Waals surface area (Å²) in [7, 11) is 0. The molecule has 1 aromatic heterocycles. The van der Waals surface area contributed by atoms with E-state index in [0.29, 0.717) is 12.1 Å². The van der Waals surface area contributed by atoms with Gasteiger partial charge in [-0.15, -0.1) is 0 Å². The van der Waals surface area contributed by atoms with E-state index in [1.807, 2.05) is 30.3 Å². The topological polar surface area (TPSA) is 45.1 Å². The maximum Gasteiger partial charge on any atom is 0.214 e. The standard InChI is InChI=1S/C14H15FN2O/c15-14-9-12(6-7-16-14)17-13(10-18)8-11-4-2-1-3-5-11/h1-7,9,13,18H,8,10H2,(H,16,17). The number of hydrogen-bond donors (Lipinski definition) is 2. The Balaban J connectivity index is 2.01. The van der Waals surface area contributed by atoms with Crippen molar-refractivity contribution in [2.24, 2.45) is 0 Å². The molecule has 3 nitrogen and oxygen atoms in total. The molecule has 0 fully saturated rings. The Morgan fingerprint density at radius 3 is 2.67 bits per heavy atom. The number of nitrogens with zero attached hydrogens (tertiary/aromatic N) is 1. The van der Waals surface area contributed by atoms with E-state index in [9.17, 15) is 9.50 Å². The second-order valence-corrected chi connectivity index (χ2v) is 4.08. The van der Waals surface area contributed by atoms with Gasteiger partial charge in [0.25, 0.3) is 0 Å². The Morgan fingerprint density at radius 1 is 1.22 bits per heavy atom. The van der Waals surface area contributed by atoms with Crippen LogP contribution in [0.15, 0.2) is 48.7 Å². The molecule has 2 N–H and O–H groups in total. The van der Waals surface area contributed by atoms with E-state index >= 15 is 0 Å². The highest BCUT2D eigenvalue weighted by Crippen LogP contribution is 2.11. The van der Waals surface area contributed by atoms with Crippen molar-refractivity contribution in [2.45, 2.75) is 12.5 Å². The van der Waals surface area contributed by atoms with Crippen molar-refractivity contribution in [3.8, 4) is 0 Å². The normalized spacial score (nSPS) is 12.1. The predicted octanol–water partition coefficient (Wildman–Crippen LogP) is 2.24. The van der Waals surface area contributed by atoms with E-state index < -0.39 is 5.95 Å². The van der Waals surface area contributed by atoms with E-state index in [4.69, 9.17) is 0 Å². The van der Waals surface area contributed by atoms with Crippen LogP contribution in [0.2, 0.25) is 0 Å². The zero-order valence-corrected chi connectivity index (χ0v) is 9.88. The summed E-state index contributed by atoms with van der Waals surface area (Å²) in [5.41, 5.74) is 1.75. The van der Waals surface area contributed by atoms with Gasteiger partial charge in [0, 0.05) is 18.0 Å². The van der Waals surface area contributed by atoms with Crippen LogP contribution in [0.5, 0.6) is 0 Å². The first kappa shape index (κ1) is 12.5. The molecule has 4 heteroatoms. The van der Waals surface area contributed by atoms with E-state index in [1.54, 1.807) is 6.07 Å². The Labute approximate surface area is 105 Å².